The van der Waals surface area contributed by atoms with Gasteiger partial charge in [-0.1, -0.05) is 54.6 Å². The molecule has 0 spiro atoms. The molecule has 1 fully saturated rings. The molecule has 0 bridgehead atoms. The third-order valence-corrected chi connectivity index (χ3v) is 6.28. The zero-order chi connectivity index (χ0) is 26.0. The number of ether oxygens (including phenoxy) is 6. The molecule has 5 atom stereocenters. The monoisotopic (exact) mass is 510 g/mol. The summed E-state index contributed by atoms with van der Waals surface area (Å²) in [5.41, 5.74) is 2.78. The lowest BCUT2D eigenvalue weighted by molar-refractivity contribution is -0.315. The lowest BCUT2D eigenvalue weighted by atomic mass is 9.98. The van der Waals surface area contributed by atoms with Crippen LogP contribution in [0.3, 0.4) is 0 Å². The SMILES string of the molecule is COc1ccc(CO[C@@H]2[C@@H](OCc3ccccc3)[C@H](OCc3ccc(OC)cc3)[C@@H](CO)O[C@@H]2O)cc1. The van der Waals surface area contributed by atoms with Gasteiger partial charge in [0.25, 0.3) is 0 Å². The number of aliphatic hydroxyl groups is 2. The van der Waals surface area contributed by atoms with E-state index in [2.05, 4.69) is 0 Å². The molecular formula is C29H34O8. The van der Waals surface area contributed by atoms with Gasteiger partial charge in [-0.05, 0) is 41.0 Å². The largest absolute Gasteiger partial charge is 0.497 e. The zero-order valence-corrected chi connectivity index (χ0v) is 21.1. The second-order valence-corrected chi connectivity index (χ2v) is 8.76. The molecule has 0 unspecified atom stereocenters. The van der Waals surface area contributed by atoms with Crippen LogP contribution in [0.2, 0.25) is 0 Å². The van der Waals surface area contributed by atoms with Crippen LogP contribution in [-0.2, 0) is 38.8 Å². The molecule has 2 N–H and O–H groups in total. The van der Waals surface area contributed by atoms with Crippen molar-refractivity contribution in [3.8, 4) is 11.5 Å². The van der Waals surface area contributed by atoms with Crippen LogP contribution in [0, 0.1) is 0 Å². The molecule has 8 heteroatoms. The van der Waals surface area contributed by atoms with Gasteiger partial charge in [0.2, 0.25) is 0 Å². The van der Waals surface area contributed by atoms with E-state index in [1.54, 1.807) is 14.2 Å². The number of hydrogen-bond donors (Lipinski definition) is 2. The Morgan fingerprint density at radius 3 is 1.57 bits per heavy atom. The highest BCUT2D eigenvalue weighted by atomic mass is 16.7. The summed E-state index contributed by atoms with van der Waals surface area (Å²) in [5, 5.41) is 20.9. The van der Waals surface area contributed by atoms with Crippen LogP contribution >= 0.6 is 0 Å². The Morgan fingerprint density at radius 2 is 1.08 bits per heavy atom. The van der Waals surface area contributed by atoms with Crippen LogP contribution in [0.5, 0.6) is 11.5 Å². The summed E-state index contributed by atoms with van der Waals surface area (Å²) >= 11 is 0. The Bertz CT molecular complexity index is 1060. The van der Waals surface area contributed by atoms with Crippen LogP contribution < -0.4 is 9.47 Å². The number of aliphatic hydroxyl groups excluding tert-OH is 2. The minimum Gasteiger partial charge on any atom is -0.497 e. The first-order chi connectivity index (χ1) is 18.1. The molecule has 4 rings (SSSR count). The molecule has 198 valence electrons. The maximum absolute atomic E-state index is 10.8. The molecule has 0 saturated carbocycles. The van der Waals surface area contributed by atoms with Crippen LogP contribution in [0.4, 0.5) is 0 Å². The van der Waals surface area contributed by atoms with E-state index in [4.69, 9.17) is 28.4 Å². The Balaban J connectivity index is 1.52. The van der Waals surface area contributed by atoms with Crippen LogP contribution in [-0.4, -0.2) is 61.7 Å². The van der Waals surface area contributed by atoms with E-state index in [1.807, 2.05) is 78.9 Å². The molecule has 8 nitrogen and oxygen atoms in total. The molecule has 37 heavy (non-hydrogen) atoms. The van der Waals surface area contributed by atoms with Crippen LogP contribution in [0.25, 0.3) is 0 Å². The summed E-state index contributed by atoms with van der Waals surface area (Å²) in [6.07, 6.45) is -4.36. The Kier molecular flexibility index (Phi) is 9.90. The Hall–Kier alpha value is -2.98. The molecule has 3 aromatic rings. The number of hydrogen-bond acceptors (Lipinski definition) is 8. The molecule has 1 saturated heterocycles. The second-order valence-electron chi connectivity index (χ2n) is 8.76. The Labute approximate surface area is 217 Å². The van der Waals surface area contributed by atoms with Gasteiger partial charge in [-0.15, -0.1) is 0 Å². The molecule has 0 aliphatic carbocycles. The minimum atomic E-state index is -1.31. The first kappa shape index (κ1) is 27.1. The second kappa shape index (κ2) is 13.5. The fraction of sp³-hybridized carbons (Fsp3) is 0.379. The van der Waals surface area contributed by atoms with Crippen LogP contribution in [0.1, 0.15) is 16.7 Å². The maximum Gasteiger partial charge on any atom is 0.184 e. The minimum absolute atomic E-state index is 0.218. The molecule has 0 amide bonds. The quantitative estimate of drug-likeness (QED) is 0.383. The van der Waals surface area contributed by atoms with Gasteiger partial charge >= 0.3 is 0 Å². The highest BCUT2D eigenvalue weighted by Gasteiger charge is 2.47. The van der Waals surface area contributed by atoms with E-state index in [0.717, 1.165) is 28.2 Å². The van der Waals surface area contributed by atoms with Gasteiger partial charge in [0.05, 0.1) is 40.6 Å². The number of benzene rings is 3. The molecule has 0 aromatic heterocycles. The van der Waals surface area contributed by atoms with Crippen molar-refractivity contribution in [3.63, 3.8) is 0 Å². The zero-order valence-electron chi connectivity index (χ0n) is 21.1. The molecule has 1 heterocycles. The highest BCUT2D eigenvalue weighted by Crippen LogP contribution is 2.30. The lowest BCUT2D eigenvalue weighted by Gasteiger charge is -2.44. The van der Waals surface area contributed by atoms with Crippen molar-refractivity contribution < 1.29 is 38.6 Å². The van der Waals surface area contributed by atoms with Gasteiger partial charge in [0.15, 0.2) is 6.29 Å². The van der Waals surface area contributed by atoms with E-state index in [1.165, 1.54) is 0 Å². The smallest absolute Gasteiger partial charge is 0.184 e. The van der Waals surface area contributed by atoms with Crippen LogP contribution in [0.15, 0.2) is 78.9 Å². The third kappa shape index (κ3) is 7.29. The van der Waals surface area contributed by atoms with Gasteiger partial charge in [0, 0.05) is 0 Å². The molecule has 1 aliphatic rings. The fourth-order valence-corrected chi connectivity index (χ4v) is 4.21. The van der Waals surface area contributed by atoms with E-state index >= 15 is 0 Å². The van der Waals surface area contributed by atoms with Crippen molar-refractivity contribution in [1.82, 2.24) is 0 Å². The molecule has 0 radical (unpaired) electrons. The topological polar surface area (TPSA) is 95.8 Å². The van der Waals surface area contributed by atoms with E-state index in [0.29, 0.717) is 0 Å². The van der Waals surface area contributed by atoms with Crippen molar-refractivity contribution in [3.05, 3.63) is 95.6 Å². The predicted octanol–water partition coefficient (Wildman–Crippen LogP) is 3.47. The Morgan fingerprint density at radius 1 is 0.622 bits per heavy atom. The van der Waals surface area contributed by atoms with Crippen molar-refractivity contribution in [2.75, 3.05) is 20.8 Å². The number of methoxy groups -OCH3 is 2. The van der Waals surface area contributed by atoms with Crippen molar-refractivity contribution in [2.45, 2.75) is 50.5 Å². The van der Waals surface area contributed by atoms with Crippen molar-refractivity contribution in [1.29, 1.82) is 0 Å². The van der Waals surface area contributed by atoms with Crippen molar-refractivity contribution in [2.24, 2.45) is 0 Å². The highest BCUT2D eigenvalue weighted by molar-refractivity contribution is 5.27. The summed E-state index contributed by atoms with van der Waals surface area (Å²) in [6.45, 7) is 0.401. The summed E-state index contributed by atoms with van der Waals surface area (Å²) < 4.78 is 34.9. The first-order valence-corrected chi connectivity index (χ1v) is 12.2. The van der Waals surface area contributed by atoms with Gasteiger partial charge in [-0.25, -0.2) is 0 Å². The summed E-state index contributed by atoms with van der Waals surface area (Å²) in [4.78, 5) is 0. The fourth-order valence-electron chi connectivity index (χ4n) is 4.21. The summed E-state index contributed by atoms with van der Waals surface area (Å²) in [6, 6.07) is 24.7. The van der Waals surface area contributed by atoms with Crippen molar-refractivity contribution >= 4 is 0 Å². The molecule has 3 aromatic carbocycles. The van der Waals surface area contributed by atoms with Gasteiger partial charge in [-0.2, -0.15) is 0 Å². The summed E-state index contributed by atoms with van der Waals surface area (Å²) in [5.74, 6) is 1.49. The van der Waals surface area contributed by atoms with E-state index in [-0.39, 0.29) is 26.4 Å². The normalized spacial score (nSPS) is 23.5. The standard InChI is InChI=1S/C29H34O8/c1-32-23-12-8-21(9-13-23)18-34-26-25(16-30)37-29(31)28(27(26)35-17-20-6-4-3-5-7-20)36-19-22-10-14-24(33-2)15-11-22/h3-15,25-31H,16-19H2,1-2H3/t25-,26-,27+,28-,29+/m1/s1. The maximum atomic E-state index is 10.8. The van der Waals surface area contributed by atoms with E-state index in [9.17, 15) is 10.2 Å². The summed E-state index contributed by atoms with van der Waals surface area (Å²) in [7, 11) is 3.22. The average molecular weight is 511 g/mol. The molecule has 1 aliphatic heterocycles. The average Bonchev–Trinajstić information content (AvgIpc) is 2.95. The van der Waals surface area contributed by atoms with Gasteiger partial charge < -0.3 is 38.6 Å². The molecular weight excluding hydrogens is 476 g/mol. The van der Waals surface area contributed by atoms with Gasteiger partial charge in [0.1, 0.15) is 35.9 Å². The third-order valence-electron chi connectivity index (χ3n) is 6.28. The van der Waals surface area contributed by atoms with E-state index < -0.39 is 30.7 Å². The lowest BCUT2D eigenvalue weighted by Crippen LogP contribution is -2.61. The predicted molar refractivity (Wildman–Crippen MR) is 136 cm³/mol. The number of rotatable bonds is 12. The first-order valence-electron chi connectivity index (χ1n) is 12.2. The van der Waals surface area contributed by atoms with Gasteiger partial charge in [-0.3, -0.25) is 0 Å².